The minimum atomic E-state index is 0.710. The van der Waals surface area contributed by atoms with Gasteiger partial charge in [0.2, 0.25) is 0 Å². The van der Waals surface area contributed by atoms with Gasteiger partial charge < -0.3 is 11.5 Å². The van der Waals surface area contributed by atoms with Crippen LogP contribution in [0.4, 0.5) is 11.4 Å². The quantitative estimate of drug-likeness (QED) is 0.706. The zero-order valence-corrected chi connectivity index (χ0v) is 11.8. The number of hydrogen-bond donors (Lipinski definition) is 2. The minimum absolute atomic E-state index is 0.710. The van der Waals surface area contributed by atoms with Gasteiger partial charge in [-0.15, -0.1) is 0 Å². The zero-order valence-electron chi connectivity index (χ0n) is 11.8. The van der Waals surface area contributed by atoms with Crippen molar-refractivity contribution in [2.45, 2.75) is 6.42 Å². The van der Waals surface area contributed by atoms with Crippen LogP contribution in [-0.4, -0.2) is 0 Å². The van der Waals surface area contributed by atoms with Crippen molar-refractivity contribution in [2.24, 2.45) is 0 Å². The molecule has 0 aliphatic rings. The molecule has 0 saturated heterocycles. The van der Waals surface area contributed by atoms with Gasteiger partial charge in [-0.2, -0.15) is 0 Å². The molecular weight excluding hydrogens is 256 g/mol. The van der Waals surface area contributed by atoms with E-state index in [1.54, 1.807) is 6.07 Å². The SMILES string of the molecule is Nc1cc(N)cc(Cc2ccccc2-c2ccccc2)c1. The van der Waals surface area contributed by atoms with Crippen molar-refractivity contribution in [3.05, 3.63) is 83.9 Å². The molecular formula is C19H18N2. The molecule has 2 heteroatoms. The van der Waals surface area contributed by atoms with Crippen molar-refractivity contribution in [2.75, 3.05) is 11.5 Å². The highest BCUT2D eigenvalue weighted by atomic mass is 14.6. The number of rotatable bonds is 3. The summed E-state index contributed by atoms with van der Waals surface area (Å²) in [7, 11) is 0. The fraction of sp³-hybridized carbons (Fsp3) is 0.0526. The molecule has 4 N–H and O–H groups in total. The smallest absolute Gasteiger partial charge is 0.0337 e. The number of nitrogens with two attached hydrogens (primary N) is 2. The second-order valence-corrected chi connectivity index (χ2v) is 5.21. The summed E-state index contributed by atoms with van der Waals surface area (Å²) in [5.41, 5.74) is 18.1. The molecule has 2 nitrogen and oxygen atoms in total. The Morgan fingerprint density at radius 1 is 0.667 bits per heavy atom. The summed E-state index contributed by atoms with van der Waals surface area (Å²) in [6.45, 7) is 0. The van der Waals surface area contributed by atoms with E-state index in [4.69, 9.17) is 11.5 Å². The molecule has 0 fully saturated rings. The van der Waals surface area contributed by atoms with Crippen LogP contribution in [0, 0.1) is 0 Å². The van der Waals surface area contributed by atoms with Gasteiger partial charge in [0.05, 0.1) is 0 Å². The third kappa shape index (κ3) is 3.06. The van der Waals surface area contributed by atoms with Crippen molar-refractivity contribution in [1.29, 1.82) is 0 Å². The van der Waals surface area contributed by atoms with E-state index < -0.39 is 0 Å². The first kappa shape index (κ1) is 13.3. The maximum absolute atomic E-state index is 5.88. The van der Waals surface area contributed by atoms with Gasteiger partial charge in [-0.3, -0.25) is 0 Å². The lowest BCUT2D eigenvalue weighted by Crippen LogP contribution is -1.96. The van der Waals surface area contributed by atoms with Crippen molar-refractivity contribution in [3.8, 4) is 11.1 Å². The molecule has 21 heavy (non-hydrogen) atoms. The molecule has 0 atom stereocenters. The number of hydrogen-bond acceptors (Lipinski definition) is 2. The van der Waals surface area contributed by atoms with E-state index in [0.29, 0.717) is 11.4 Å². The summed E-state index contributed by atoms with van der Waals surface area (Å²) in [5.74, 6) is 0. The highest BCUT2D eigenvalue weighted by molar-refractivity contribution is 5.68. The molecule has 0 aliphatic carbocycles. The second kappa shape index (κ2) is 5.71. The molecule has 0 amide bonds. The van der Waals surface area contributed by atoms with E-state index >= 15 is 0 Å². The Balaban J connectivity index is 2.00. The molecule has 0 spiro atoms. The standard InChI is InChI=1S/C19H18N2/c20-17-11-14(12-18(21)13-17)10-16-8-4-5-9-19(16)15-6-2-1-3-7-15/h1-9,11-13H,10,20-21H2. The third-order valence-corrected chi connectivity index (χ3v) is 3.53. The third-order valence-electron chi connectivity index (χ3n) is 3.53. The molecule has 0 aliphatic heterocycles. The lowest BCUT2D eigenvalue weighted by molar-refractivity contribution is 1.20. The van der Waals surface area contributed by atoms with E-state index in [1.165, 1.54) is 16.7 Å². The Morgan fingerprint density at radius 3 is 2.00 bits per heavy atom. The first-order valence-corrected chi connectivity index (χ1v) is 7.00. The van der Waals surface area contributed by atoms with Crippen LogP contribution in [0.5, 0.6) is 0 Å². The molecule has 0 radical (unpaired) electrons. The summed E-state index contributed by atoms with van der Waals surface area (Å²) in [6, 6.07) is 24.6. The van der Waals surface area contributed by atoms with Crippen molar-refractivity contribution >= 4 is 11.4 Å². The van der Waals surface area contributed by atoms with E-state index in [-0.39, 0.29) is 0 Å². The second-order valence-electron chi connectivity index (χ2n) is 5.21. The van der Waals surface area contributed by atoms with Gasteiger partial charge in [0.25, 0.3) is 0 Å². The highest BCUT2D eigenvalue weighted by Gasteiger charge is 2.06. The average molecular weight is 274 g/mol. The first-order chi connectivity index (χ1) is 10.2. The maximum Gasteiger partial charge on any atom is 0.0337 e. The van der Waals surface area contributed by atoms with Crippen LogP contribution >= 0.6 is 0 Å². The van der Waals surface area contributed by atoms with E-state index in [0.717, 1.165) is 12.0 Å². The topological polar surface area (TPSA) is 52.0 Å². The maximum atomic E-state index is 5.88. The average Bonchev–Trinajstić information content (AvgIpc) is 2.48. The Labute approximate surface area is 125 Å². The molecule has 0 heterocycles. The summed E-state index contributed by atoms with van der Waals surface area (Å²) < 4.78 is 0. The lowest BCUT2D eigenvalue weighted by Gasteiger charge is -2.11. The van der Waals surface area contributed by atoms with Crippen LogP contribution in [0.1, 0.15) is 11.1 Å². The number of benzene rings is 3. The zero-order chi connectivity index (χ0) is 14.7. The van der Waals surface area contributed by atoms with Gasteiger partial charge in [0.15, 0.2) is 0 Å². The normalized spacial score (nSPS) is 10.5. The van der Waals surface area contributed by atoms with Gasteiger partial charge in [0.1, 0.15) is 0 Å². The molecule has 0 unspecified atom stereocenters. The highest BCUT2D eigenvalue weighted by Crippen LogP contribution is 2.26. The molecule has 3 aromatic rings. The Kier molecular flexibility index (Phi) is 3.61. The van der Waals surface area contributed by atoms with Gasteiger partial charge in [-0.25, -0.2) is 0 Å². The Bertz CT molecular complexity index is 728. The van der Waals surface area contributed by atoms with Gasteiger partial charge in [0, 0.05) is 11.4 Å². The summed E-state index contributed by atoms with van der Waals surface area (Å²) >= 11 is 0. The molecule has 3 aromatic carbocycles. The monoisotopic (exact) mass is 274 g/mol. The summed E-state index contributed by atoms with van der Waals surface area (Å²) in [6.07, 6.45) is 0.820. The van der Waals surface area contributed by atoms with Crippen LogP contribution in [0.3, 0.4) is 0 Å². The molecule has 0 aromatic heterocycles. The lowest BCUT2D eigenvalue weighted by atomic mass is 9.95. The van der Waals surface area contributed by atoms with Crippen LogP contribution in [0.15, 0.2) is 72.8 Å². The van der Waals surface area contributed by atoms with Crippen LogP contribution < -0.4 is 11.5 Å². The number of anilines is 2. The molecule has 0 bridgehead atoms. The summed E-state index contributed by atoms with van der Waals surface area (Å²) in [4.78, 5) is 0. The Morgan fingerprint density at radius 2 is 1.29 bits per heavy atom. The molecule has 3 rings (SSSR count). The van der Waals surface area contributed by atoms with Crippen LogP contribution in [0.25, 0.3) is 11.1 Å². The minimum Gasteiger partial charge on any atom is -0.399 e. The van der Waals surface area contributed by atoms with Crippen LogP contribution in [0.2, 0.25) is 0 Å². The Hall–Kier alpha value is -2.74. The van der Waals surface area contributed by atoms with E-state index in [2.05, 4.69) is 48.5 Å². The number of nitrogen functional groups attached to an aromatic ring is 2. The molecule has 0 saturated carbocycles. The van der Waals surface area contributed by atoms with E-state index in [9.17, 15) is 0 Å². The van der Waals surface area contributed by atoms with E-state index in [1.807, 2.05) is 18.2 Å². The van der Waals surface area contributed by atoms with Gasteiger partial charge in [-0.05, 0) is 46.9 Å². The summed E-state index contributed by atoms with van der Waals surface area (Å²) in [5, 5.41) is 0. The fourth-order valence-corrected chi connectivity index (χ4v) is 2.64. The largest absolute Gasteiger partial charge is 0.399 e. The van der Waals surface area contributed by atoms with Gasteiger partial charge >= 0.3 is 0 Å². The fourth-order valence-electron chi connectivity index (χ4n) is 2.64. The van der Waals surface area contributed by atoms with Crippen molar-refractivity contribution < 1.29 is 0 Å². The van der Waals surface area contributed by atoms with Crippen molar-refractivity contribution in [1.82, 2.24) is 0 Å². The first-order valence-electron chi connectivity index (χ1n) is 7.00. The predicted octanol–water partition coefficient (Wildman–Crippen LogP) is 4.11. The van der Waals surface area contributed by atoms with Gasteiger partial charge in [-0.1, -0.05) is 54.6 Å². The molecule has 104 valence electrons. The van der Waals surface area contributed by atoms with Crippen LogP contribution in [-0.2, 0) is 6.42 Å². The van der Waals surface area contributed by atoms with Crippen molar-refractivity contribution in [3.63, 3.8) is 0 Å². The predicted molar refractivity (Wildman–Crippen MR) is 90.0 cm³/mol.